The number of rotatable bonds is 5. The van der Waals surface area contributed by atoms with Gasteiger partial charge in [0.15, 0.2) is 0 Å². The standard InChI is InChI=1S/C12H19N3O3S/c1-13(2)12(16)10-15(19(17,18)14(3)4)11-8-6-5-7-9-11/h5-9H,10H2,1-4H3. The van der Waals surface area contributed by atoms with Gasteiger partial charge < -0.3 is 4.90 Å². The van der Waals surface area contributed by atoms with Crippen LogP contribution < -0.4 is 4.31 Å². The summed E-state index contributed by atoms with van der Waals surface area (Å²) in [5.74, 6) is -0.283. The zero-order chi connectivity index (χ0) is 14.6. The maximum Gasteiger partial charge on any atom is 0.304 e. The highest BCUT2D eigenvalue weighted by Gasteiger charge is 2.27. The maximum absolute atomic E-state index is 12.3. The van der Waals surface area contributed by atoms with E-state index in [4.69, 9.17) is 0 Å². The minimum atomic E-state index is -3.70. The van der Waals surface area contributed by atoms with E-state index in [9.17, 15) is 13.2 Å². The first-order valence-electron chi connectivity index (χ1n) is 5.72. The van der Waals surface area contributed by atoms with Gasteiger partial charge in [-0.15, -0.1) is 0 Å². The second-order valence-corrected chi connectivity index (χ2v) is 6.49. The molecule has 0 unspecified atom stereocenters. The number of hydrogen-bond donors (Lipinski definition) is 0. The van der Waals surface area contributed by atoms with Crippen molar-refractivity contribution in [3.05, 3.63) is 30.3 Å². The predicted molar refractivity (Wildman–Crippen MR) is 75.1 cm³/mol. The molecule has 6 nitrogen and oxygen atoms in total. The molecule has 1 aromatic carbocycles. The first-order valence-corrected chi connectivity index (χ1v) is 7.12. The van der Waals surface area contributed by atoms with E-state index in [-0.39, 0.29) is 12.5 Å². The molecule has 0 aliphatic rings. The normalized spacial score (nSPS) is 11.4. The lowest BCUT2D eigenvalue weighted by Crippen LogP contribution is -2.45. The molecule has 7 heteroatoms. The van der Waals surface area contributed by atoms with Crippen LogP contribution in [0.1, 0.15) is 0 Å². The summed E-state index contributed by atoms with van der Waals surface area (Å²) in [6.07, 6.45) is 0. The highest BCUT2D eigenvalue weighted by molar-refractivity contribution is 7.90. The average molecular weight is 285 g/mol. The maximum atomic E-state index is 12.3. The van der Waals surface area contributed by atoms with E-state index in [0.29, 0.717) is 5.69 Å². The van der Waals surface area contributed by atoms with Crippen LogP contribution in [0.4, 0.5) is 5.69 Å². The van der Waals surface area contributed by atoms with Gasteiger partial charge >= 0.3 is 10.2 Å². The first-order chi connectivity index (χ1) is 8.76. The number of likely N-dealkylation sites (N-methyl/N-ethyl adjacent to an activating group) is 1. The molecule has 1 amide bonds. The van der Waals surface area contributed by atoms with Crippen molar-refractivity contribution >= 4 is 21.8 Å². The van der Waals surface area contributed by atoms with Crippen LogP contribution in [-0.4, -0.2) is 58.3 Å². The van der Waals surface area contributed by atoms with E-state index < -0.39 is 10.2 Å². The van der Waals surface area contributed by atoms with Gasteiger partial charge in [-0.3, -0.25) is 4.79 Å². The van der Waals surface area contributed by atoms with E-state index in [2.05, 4.69) is 0 Å². The Balaban J connectivity index is 3.17. The van der Waals surface area contributed by atoms with Crippen LogP contribution in [0.5, 0.6) is 0 Å². The van der Waals surface area contributed by atoms with Crippen molar-refractivity contribution in [2.45, 2.75) is 0 Å². The van der Waals surface area contributed by atoms with Crippen molar-refractivity contribution in [3.8, 4) is 0 Å². The monoisotopic (exact) mass is 285 g/mol. The van der Waals surface area contributed by atoms with Crippen molar-refractivity contribution in [3.63, 3.8) is 0 Å². The number of nitrogens with zero attached hydrogens (tertiary/aromatic N) is 3. The molecule has 0 fully saturated rings. The summed E-state index contributed by atoms with van der Waals surface area (Å²) in [6, 6.07) is 8.56. The van der Waals surface area contributed by atoms with E-state index in [0.717, 1.165) is 8.61 Å². The molecule has 1 aromatic rings. The SMILES string of the molecule is CN(C)C(=O)CN(c1ccccc1)S(=O)(=O)N(C)C. The van der Waals surface area contributed by atoms with Gasteiger partial charge in [0.1, 0.15) is 6.54 Å². The number of hydrogen-bond acceptors (Lipinski definition) is 3. The summed E-state index contributed by atoms with van der Waals surface area (Å²) < 4.78 is 26.7. The second kappa shape index (κ2) is 6.03. The molecule has 19 heavy (non-hydrogen) atoms. The topological polar surface area (TPSA) is 60.9 Å². The zero-order valence-electron chi connectivity index (χ0n) is 11.6. The molecule has 0 radical (unpaired) electrons. The van der Waals surface area contributed by atoms with Crippen LogP contribution >= 0.6 is 0 Å². The van der Waals surface area contributed by atoms with Gasteiger partial charge in [0, 0.05) is 28.2 Å². The molecule has 0 heterocycles. The van der Waals surface area contributed by atoms with E-state index in [1.54, 1.807) is 44.4 Å². The van der Waals surface area contributed by atoms with E-state index in [1.165, 1.54) is 19.0 Å². The molecule has 0 saturated carbocycles. The quantitative estimate of drug-likeness (QED) is 0.786. The zero-order valence-corrected chi connectivity index (χ0v) is 12.4. The fourth-order valence-electron chi connectivity index (χ4n) is 1.36. The van der Waals surface area contributed by atoms with Gasteiger partial charge in [-0.1, -0.05) is 18.2 Å². The largest absolute Gasteiger partial charge is 0.347 e. The fraction of sp³-hybridized carbons (Fsp3) is 0.417. The third-order valence-electron chi connectivity index (χ3n) is 2.56. The van der Waals surface area contributed by atoms with Gasteiger partial charge in [0.25, 0.3) is 0 Å². The van der Waals surface area contributed by atoms with Crippen LogP contribution in [-0.2, 0) is 15.0 Å². The third kappa shape index (κ3) is 3.68. The molecule has 0 aliphatic heterocycles. The van der Waals surface area contributed by atoms with Crippen LogP contribution in [0.25, 0.3) is 0 Å². The highest BCUT2D eigenvalue weighted by Crippen LogP contribution is 2.18. The summed E-state index contributed by atoms with van der Waals surface area (Å²) in [4.78, 5) is 13.2. The number of anilines is 1. The predicted octanol–water partition coefficient (Wildman–Crippen LogP) is 0.388. The van der Waals surface area contributed by atoms with Crippen molar-refractivity contribution in [1.82, 2.24) is 9.21 Å². The number of para-hydroxylation sites is 1. The summed E-state index contributed by atoms with van der Waals surface area (Å²) in [7, 11) is 2.35. The van der Waals surface area contributed by atoms with Crippen molar-refractivity contribution in [2.24, 2.45) is 0 Å². The Morgan fingerprint density at radius 3 is 2.00 bits per heavy atom. The molecule has 0 aromatic heterocycles. The van der Waals surface area contributed by atoms with E-state index in [1.807, 2.05) is 0 Å². The number of carbonyl (C=O) groups is 1. The molecule has 0 spiro atoms. The van der Waals surface area contributed by atoms with Gasteiger partial charge in [0.05, 0.1) is 5.69 Å². The second-order valence-electron chi connectivity index (χ2n) is 4.42. The van der Waals surface area contributed by atoms with E-state index >= 15 is 0 Å². The molecule has 0 N–H and O–H groups in total. The molecule has 0 saturated heterocycles. The lowest BCUT2D eigenvalue weighted by Gasteiger charge is -2.27. The fourth-order valence-corrected chi connectivity index (χ4v) is 2.42. The minimum absolute atomic E-state index is 0.225. The van der Waals surface area contributed by atoms with Gasteiger partial charge in [-0.05, 0) is 12.1 Å². The number of benzene rings is 1. The Kier molecular flexibility index (Phi) is 4.90. The lowest BCUT2D eigenvalue weighted by atomic mass is 10.3. The summed E-state index contributed by atoms with van der Waals surface area (Å²) in [6.45, 7) is -0.225. The van der Waals surface area contributed by atoms with Crippen molar-refractivity contribution in [2.75, 3.05) is 39.0 Å². The molecule has 0 atom stereocenters. The highest BCUT2D eigenvalue weighted by atomic mass is 32.2. The summed E-state index contributed by atoms with van der Waals surface area (Å²) in [5.41, 5.74) is 0.464. The molecular formula is C12H19N3O3S. The Bertz CT molecular complexity index is 526. The lowest BCUT2D eigenvalue weighted by molar-refractivity contribution is -0.127. The molecule has 0 aliphatic carbocycles. The summed E-state index contributed by atoms with van der Waals surface area (Å²) >= 11 is 0. The Hall–Kier alpha value is -1.60. The first kappa shape index (κ1) is 15.5. The third-order valence-corrected chi connectivity index (χ3v) is 4.38. The Morgan fingerprint density at radius 2 is 1.58 bits per heavy atom. The molecule has 106 valence electrons. The van der Waals surface area contributed by atoms with Crippen LogP contribution in [0, 0.1) is 0 Å². The smallest absolute Gasteiger partial charge is 0.304 e. The number of amides is 1. The molecular weight excluding hydrogens is 266 g/mol. The average Bonchev–Trinajstić information content (AvgIpc) is 2.36. The number of carbonyl (C=O) groups excluding carboxylic acids is 1. The molecule has 0 bridgehead atoms. The Morgan fingerprint density at radius 1 is 1.05 bits per heavy atom. The van der Waals surface area contributed by atoms with Gasteiger partial charge in [0.2, 0.25) is 5.91 Å². The van der Waals surface area contributed by atoms with Gasteiger partial charge in [-0.25, -0.2) is 4.31 Å². The Labute approximate surface area is 114 Å². The van der Waals surface area contributed by atoms with Crippen LogP contribution in [0.15, 0.2) is 30.3 Å². The van der Waals surface area contributed by atoms with Crippen LogP contribution in [0.3, 0.4) is 0 Å². The van der Waals surface area contributed by atoms with Gasteiger partial charge in [-0.2, -0.15) is 12.7 Å². The minimum Gasteiger partial charge on any atom is -0.347 e. The van der Waals surface area contributed by atoms with Crippen LogP contribution in [0.2, 0.25) is 0 Å². The van der Waals surface area contributed by atoms with Crippen molar-refractivity contribution in [1.29, 1.82) is 0 Å². The van der Waals surface area contributed by atoms with Crippen molar-refractivity contribution < 1.29 is 13.2 Å². The summed E-state index contributed by atoms with van der Waals surface area (Å²) in [5, 5.41) is 0. The molecule has 1 rings (SSSR count).